The highest BCUT2D eigenvalue weighted by molar-refractivity contribution is 5.54. The summed E-state index contributed by atoms with van der Waals surface area (Å²) in [7, 11) is 0. The van der Waals surface area contributed by atoms with Crippen molar-refractivity contribution in [2.75, 3.05) is 0 Å². The number of aryl methyl sites for hydroxylation is 2. The molecule has 0 unspecified atom stereocenters. The summed E-state index contributed by atoms with van der Waals surface area (Å²) in [6.45, 7) is 5.85. The predicted octanol–water partition coefficient (Wildman–Crippen LogP) is 4.18. The fourth-order valence-corrected chi connectivity index (χ4v) is 3.31. The molecule has 1 fully saturated rings. The number of benzene rings is 2. The molecule has 1 aliphatic carbocycles. The van der Waals surface area contributed by atoms with E-state index in [1.165, 1.54) is 24.0 Å². The smallest absolute Gasteiger partial charge is 0.159 e. The molecule has 0 atom stereocenters. The van der Waals surface area contributed by atoms with E-state index in [1.54, 1.807) is 0 Å². The van der Waals surface area contributed by atoms with Crippen LogP contribution in [0.5, 0.6) is 0 Å². The van der Waals surface area contributed by atoms with Gasteiger partial charge < -0.3 is 0 Å². The van der Waals surface area contributed by atoms with Crippen molar-refractivity contribution in [3.05, 3.63) is 71.5 Å². The summed E-state index contributed by atoms with van der Waals surface area (Å²) in [5.74, 6) is 1.78. The second-order valence-electron chi connectivity index (χ2n) is 6.96. The van der Waals surface area contributed by atoms with E-state index < -0.39 is 0 Å². The lowest BCUT2D eigenvalue weighted by atomic mass is 10.1. The maximum atomic E-state index is 4.66. The summed E-state index contributed by atoms with van der Waals surface area (Å²) < 4.78 is 2.05. The number of aromatic nitrogens is 3. The Bertz CT molecular complexity index is 849. The fourth-order valence-electron chi connectivity index (χ4n) is 3.31. The van der Waals surface area contributed by atoms with Gasteiger partial charge in [-0.1, -0.05) is 60.2 Å². The molecule has 0 amide bonds. The Hall–Kier alpha value is -2.46. The lowest BCUT2D eigenvalue weighted by Gasteiger charge is -2.23. The Morgan fingerprint density at radius 2 is 1.84 bits per heavy atom. The van der Waals surface area contributed by atoms with E-state index in [1.807, 2.05) is 13.0 Å². The Labute approximate surface area is 149 Å². The molecule has 0 saturated heterocycles. The van der Waals surface area contributed by atoms with E-state index in [-0.39, 0.29) is 0 Å². The molecule has 128 valence electrons. The van der Waals surface area contributed by atoms with Gasteiger partial charge in [0.1, 0.15) is 5.82 Å². The molecule has 4 nitrogen and oxygen atoms in total. The van der Waals surface area contributed by atoms with Crippen LogP contribution in [-0.4, -0.2) is 25.7 Å². The van der Waals surface area contributed by atoms with Crippen molar-refractivity contribution < 1.29 is 0 Å². The predicted molar refractivity (Wildman–Crippen MR) is 99.9 cm³/mol. The van der Waals surface area contributed by atoms with Gasteiger partial charge in [0.25, 0.3) is 0 Å². The van der Waals surface area contributed by atoms with Crippen LogP contribution in [0.25, 0.3) is 11.4 Å². The van der Waals surface area contributed by atoms with Gasteiger partial charge in [-0.05, 0) is 32.3 Å². The third-order valence-corrected chi connectivity index (χ3v) is 4.66. The van der Waals surface area contributed by atoms with Crippen molar-refractivity contribution >= 4 is 0 Å². The van der Waals surface area contributed by atoms with E-state index >= 15 is 0 Å². The van der Waals surface area contributed by atoms with Crippen LogP contribution in [0.3, 0.4) is 0 Å². The number of rotatable bonds is 6. The second-order valence-corrected chi connectivity index (χ2v) is 6.96. The lowest BCUT2D eigenvalue weighted by molar-refractivity contribution is 0.189. The van der Waals surface area contributed by atoms with Gasteiger partial charge in [0.15, 0.2) is 5.82 Å². The first kappa shape index (κ1) is 16.0. The summed E-state index contributed by atoms with van der Waals surface area (Å²) in [4.78, 5) is 7.18. The molecule has 1 aliphatic rings. The molecule has 1 heterocycles. The Balaban J connectivity index is 1.59. The molecule has 1 aromatic heterocycles. The molecule has 0 spiro atoms. The van der Waals surface area contributed by atoms with Gasteiger partial charge in [-0.3, -0.25) is 4.90 Å². The van der Waals surface area contributed by atoms with Crippen molar-refractivity contribution in [2.45, 2.75) is 45.9 Å². The van der Waals surface area contributed by atoms with Crippen LogP contribution in [0.1, 0.15) is 29.8 Å². The van der Waals surface area contributed by atoms with Crippen molar-refractivity contribution in [2.24, 2.45) is 0 Å². The van der Waals surface area contributed by atoms with Crippen LogP contribution in [0.2, 0.25) is 0 Å². The molecule has 2 aromatic carbocycles. The molecule has 4 heteroatoms. The molecule has 0 N–H and O–H groups in total. The monoisotopic (exact) mass is 332 g/mol. The first-order chi connectivity index (χ1) is 12.2. The highest BCUT2D eigenvalue weighted by Crippen LogP contribution is 2.29. The normalized spacial score (nSPS) is 14.2. The standard InChI is InChI=1S/C21H24N4/c1-16-7-6-8-18(13-16)14-24(20-11-12-20)15-25-21(22-17(2)23-25)19-9-4-3-5-10-19/h3-10,13,20H,11-12,14-15H2,1-2H3. The molecule has 25 heavy (non-hydrogen) atoms. The topological polar surface area (TPSA) is 34.0 Å². The minimum Gasteiger partial charge on any atom is -0.277 e. The van der Waals surface area contributed by atoms with Crippen LogP contribution in [-0.2, 0) is 13.2 Å². The molecule has 0 radical (unpaired) electrons. The van der Waals surface area contributed by atoms with Gasteiger partial charge in [0.2, 0.25) is 0 Å². The molecular formula is C21H24N4. The molecule has 0 aliphatic heterocycles. The van der Waals surface area contributed by atoms with E-state index in [2.05, 4.69) is 75.1 Å². The SMILES string of the molecule is Cc1cccc(CN(Cn2nc(C)nc2-c2ccccc2)C2CC2)c1. The van der Waals surface area contributed by atoms with E-state index in [9.17, 15) is 0 Å². The highest BCUT2D eigenvalue weighted by Gasteiger charge is 2.30. The quantitative estimate of drug-likeness (QED) is 0.679. The third kappa shape index (κ3) is 3.80. The molecule has 1 saturated carbocycles. The fraction of sp³-hybridized carbons (Fsp3) is 0.333. The summed E-state index contributed by atoms with van der Waals surface area (Å²) >= 11 is 0. The average molecular weight is 332 g/mol. The Kier molecular flexibility index (Phi) is 4.36. The number of hydrogen-bond acceptors (Lipinski definition) is 3. The molecular weight excluding hydrogens is 308 g/mol. The largest absolute Gasteiger partial charge is 0.277 e. The maximum absolute atomic E-state index is 4.66. The van der Waals surface area contributed by atoms with Crippen LogP contribution < -0.4 is 0 Å². The Morgan fingerprint density at radius 1 is 1.04 bits per heavy atom. The van der Waals surface area contributed by atoms with Gasteiger partial charge in [-0.15, -0.1) is 0 Å². The lowest BCUT2D eigenvalue weighted by Crippen LogP contribution is -2.29. The first-order valence-corrected chi connectivity index (χ1v) is 8.95. The zero-order valence-corrected chi connectivity index (χ0v) is 14.9. The van der Waals surface area contributed by atoms with Gasteiger partial charge in [0.05, 0.1) is 6.67 Å². The average Bonchev–Trinajstić information content (AvgIpc) is 3.39. The van der Waals surface area contributed by atoms with Crippen molar-refractivity contribution in [3.8, 4) is 11.4 Å². The summed E-state index contributed by atoms with van der Waals surface area (Å²) in [6, 6.07) is 19.8. The van der Waals surface area contributed by atoms with Crippen LogP contribution in [0, 0.1) is 13.8 Å². The maximum Gasteiger partial charge on any atom is 0.159 e. The number of nitrogens with zero attached hydrogens (tertiary/aromatic N) is 4. The van der Waals surface area contributed by atoms with E-state index in [0.29, 0.717) is 6.04 Å². The van der Waals surface area contributed by atoms with Gasteiger partial charge in [-0.25, -0.2) is 9.67 Å². The summed E-state index contributed by atoms with van der Waals surface area (Å²) in [5, 5.41) is 4.66. The van der Waals surface area contributed by atoms with Crippen molar-refractivity contribution in [3.63, 3.8) is 0 Å². The molecule has 0 bridgehead atoms. The zero-order valence-electron chi connectivity index (χ0n) is 14.9. The van der Waals surface area contributed by atoms with Gasteiger partial charge >= 0.3 is 0 Å². The van der Waals surface area contributed by atoms with E-state index in [0.717, 1.165) is 30.4 Å². The Morgan fingerprint density at radius 3 is 2.56 bits per heavy atom. The van der Waals surface area contributed by atoms with Gasteiger partial charge in [-0.2, -0.15) is 5.10 Å². The van der Waals surface area contributed by atoms with Gasteiger partial charge in [0, 0.05) is 18.2 Å². The van der Waals surface area contributed by atoms with Crippen molar-refractivity contribution in [1.29, 1.82) is 0 Å². The van der Waals surface area contributed by atoms with E-state index in [4.69, 9.17) is 0 Å². The highest BCUT2D eigenvalue weighted by atomic mass is 15.4. The number of hydrogen-bond donors (Lipinski definition) is 0. The minimum atomic E-state index is 0.661. The first-order valence-electron chi connectivity index (χ1n) is 8.95. The van der Waals surface area contributed by atoms with Crippen LogP contribution in [0.15, 0.2) is 54.6 Å². The van der Waals surface area contributed by atoms with Crippen LogP contribution in [0.4, 0.5) is 0 Å². The molecule has 4 rings (SSSR count). The summed E-state index contributed by atoms with van der Waals surface area (Å²) in [5.41, 5.74) is 3.80. The third-order valence-electron chi connectivity index (χ3n) is 4.66. The summed E-state index contributed by atoms with van der Waals surface area (Å²) in [6.07, 6.45) is 2.56. The van der Waals surface area contributed by atoms with Crippen LogP contribution >= 0.6 is 0 Å². The van der Waals surface area contributed by atoms with Crippen molar-refractivity contribution in [1.82, 2.24) is 19.7 Å². The zero-order chi connectivity index (χ0) is 17.2. The second kappa shape index (κ2) is 6.81. The minimum absolute atomic E-state index is 0.661. The molecule has 3 aromatic rings.